The van der Waals surface area contributed by atoms with E-state index in [2.05, 4.69) is 11.2 Å². The molecule has 2 rings (SSSR count). The summed E-state index contributed by atoms with van der Waals surface area (Å²) in [6, 6.07) is 1.92. The van der Waals surface area contributed by atoms with Crippen LogP contribution in [0.3, 0.4) is 0 Å². The maximum absolute atomic E-state index is 12.1. The zero-order chi connectivity index (χ0) is 12.4. The molecule has 1 aromatic rings. The lowest BCUT2D eigenvalue weighted by molar-refractivity contribution is 0.0935. The zero-order valence-electron chi connectivity index (χ0n) is 9.94. The molecule has 4 heteroatoms. The lowest BCUT2D eigenvalue weighted by Gasteiger charge is -2.12. The molecule has 1 aliphatic rings. The van der Waals surface area contributed by atoms with Gasteiger partial charge in [-0.3, -0.25) is 4.79 Å². The Morgan fingerprint density at radius 2 is 2.47 bits per heavy atom. The lowest BCUT2D eigenvalue weighted by Crippen LogP contribution is -2.34. The average molecular weight is 231 g/mol. The number of amides is 1. The molecule has 0 spiro atoms. The highest BCUT2D eigenvalue weighted by atomic mass is 16.2. The molecule has 1 amide bonds. The molecule has 1 aromatic heterocycles. The number of carbonyl (C=O) groups is 1. The largest absolute Gasteiger partial charge is 0.397 e. The monoisotopic (exact) mass is 231 g/mol. The van der Waals surface area contributed by atoms with Crippen LogP contribution < -0.4 is 11.1 Å². The van der Waals surface area contributed by atoms with Gasteiger partial charge in [-0.15, -0.1) is 6.42 Å². The van der Waals surface area contributed by atoms with Gasteiger partial charge in [-0.2, -0.15) is 0 Å². The molecule has 0 radical (unpaired) electrons. The van der Waals surface area contributed by atoms with Gasteiger partial charge in [-0.05, 0) is 25.3 Å². The number of nitrogens with two attached hydrogens (primary N) is 1. The van der Waals surface area contributed by atoms with Gasteiger partial charge in [0.05, 0.1) is 11.7 Å². The Morgan fingerprint density at radius 1 is 1.76 bits per heavy atom. The van der Waals surface area contributed by atoms with Crippen molar-refractivity contribution in [3.8, 4) is 12.3 Å². The van der Waals surface area contributed by atoms with Crippen molar-refractivity contribution in [2.24, 2.45) is 0 Å². The van der Waals surface area contributed by atoms with Gasteiger partial charge >= 0.3 is 0 Å². The molecule has 4 nitrogen and oxygen atoms in total. The number of nitrogen functional groups attached to an aromatic ring is 1. The molecule has 1 atom stereocenters. The van der Waals surface area contributed by atoms with Gasteiger partial charge in [-0.1, -0.05) is 12.8 Å². The third-order valence-electron chi connectivity index (χ3n) is 2.96. The summed E-state index contributed by atoms with van der Waals surface area (Å²) >= 11 is 0. The van der Waals surface area contributed by atoms with Crippen molar-refractivity contribution in [1.82, 2.24) is 9.88 Å². The molecule has 3 N–H and O–H groups in total. The molecule has 0 aliphatic heterocycles. The Labute approximate surface area is 101 Å². The second kappa shape index (κ2) is 4.54. The normalized spacial score (nSPS) is 16.2. The van der Waals surface area contributed by atoms with Crippen molar-refractivity contribution < 1.29 is 4.79 Å². The summed E-state index contributed by atoms with van der Waals surface area (Å²) in [7, 11) is 0. The van der Waals surface area contributed by atoms with Crippen molar-refractivity contribution in [3.05, 3.63) is 18.0 Å². The number of terminal acetylenes is 1. The predicted octanol–water partition coefficient (Wildman–Crippen LogP) is 1.55. The quantitative estimate of drug-likeness (QED) is 0.772. The highest BCUT2D eigenvalue weighted by Crippen LogP contribution is 2.37. The molecule has 1 heterocycles. The minimum absolute atomic E-state index is 0.140. The van der Waals surface area contributed by atoms with Gasteiger partial charge in [0.25, 0.3) is 5.91 Å². The number of hydrogen-bond donors (Lipinski definition) is 2. The van der Waals surface area contributed by atoms with E-state index in [9.17, 15) is 4.79 Å². The van der Waals surface area contributed by atoms with Crippen LogP contribution in [0.5, 0.6) is 0 Å². The topological polar surface area (TPSA) is 60.1 Å². The first kappa shape index (κ1) is 11.6. The number of nitrogens with one attached hydrogen (secondary N) is 1. The Kier molecular flexibility index (Phi) is 3.10. The van der Waals surface area contributed by atoms with Gasteiger partial charge in [0.2, 0.25) is 0 Å². The first-order valence-corrected chi connectivity index (χ1v) is 5.90. The van der Waals surface area contributed by atoms with Crippen LogP contribution in [0, 0.1) is 12.3 Å². The van der Waals surface area contributed by atoms with Crippen molar-refractivity contribution in [1.29, 1.82) is 0 Å². The Hall–Kier alpha value is -1.89. The SMILES string of the molecule is C#CC(CC)NC(=O)c1cc(N)cn1C1CC1. The van der Waals surface area contributed by atoms with Gasteiger partial charge < -0.3 is 15.6 Å². The Balaban J connectivity index is 2.16. The lowest BCUT2D eigenvalue weighted by atomic mass is 10.2. The van der Waals surface area contributed by atoms with Crippen LogP contribution in [0.25, 0.3) is 0 Å². The van der Waals surface area contributed by atoms with Crippen LogP contribution in [-0.2, 0) is 0 Å². The van der Waals surface area contributed by atoms with Crippen molar-refractivity contribution >= 4 is 11.6 Å². The fraction of sp³-hybridized carbons (Fsp3) is 0.462. The number of aromatic nitrogens is 1. The van der Waals surface area contributed by atoms with Crippen molar-refractivity contribution in [2.75, 3.05) is 5.73 Å². The second-order valence-corrected chi connectivity index (χ2v) is 4.40. The molecule has 1 unspecified atom stereocenters. The van der Waals surface area contributed by atoms with E-state index in [1.54, 1.807) is 6.07 Å². The Morgan fingerprint density at radius 3 is 3.00 bits per heavy atom. The van der Waals surface area contributed by atoms with Crippen LogP contribution >= 0.6 is 0 Å². The fourth-order valence-corrected chi connectivity index (χ4v) is 1.83. The maximum atomic E-state index is 12.1. The molecule has 0 aromatic carbocycles. The summed E-state index contributed by atoms with van der Waals surface area (Å²) in [5, 5.41) is 2.82. The molecule has 1 aliphatic carbocycles. The summed E-state index contributed by atoms with van der Waals surface area (Å²) in [6.45, 7) is 1.94. The minimum Gasteiger partial charge on any atom is -0.397 e. The van der Waals surface area contributed by atoms with Gasteiger partial charge in [-0.25, -0.2) is 0 Å². The minimum atomic E-state index is -0.216. The van der Waals surface area contributed by atoms with E-state index in [1.165, 1.54) is 0 Å². The van der Waals surface area contributed by atoms with Crippen molar-refractivity contribution in [3.63, 3.8) is 0 Å². The maximum Gasteiger partial charge on any atom is 0.268 e. The zero-order valence-corrected chi connectivity index (χ0v) is 9.94. The van der Waals surface area contributed by atoms with Gasteiger partial charge in [0, 0.05) is 12.2 Å². The first-order valence-electron chi connectivity index (χ1n) is 5.90. The second-order valence-electron chi connectivity index (χ2n) is 4.40. The summed E-state index contributed by atoms with van der Waals surface area (Å²) in [4.78, 5) is 12.1. The third kappa shape index (κ3) is 2.44. The molecule has 0 bridgehead atoms. The van der Waals surface area contributed by atoms with Crippen LogP contribution in [0.1, 0.15) is 42.7 Å². The summed E-state index contributed by atoms with van der Waals surface area (Å²) < 4.78 is 1.95. The standard InChI is InChI=1S/C13H17N3O/c1-3-10(4-2)15-13(17)12-7-9(14)8-16(12)11-5-6-11/h1,7-8,10-11H,4-6,14H2,2H3,(H,15,17). The Bertz CT molecular complexity index is 465. The number of anilines is 1. The third-order valence-corrected chi connectivity index (χ3v) is 2.96. The van der Waals surface area contributed by atoms with Crippen LogP contribution in [0.2, 0.25) is 0 Å². The summed E-state index contributed by atoms with van der Waals surface area (Å²) in [5.41, 5.74) is 6.97. The molecule has 0 saturated heterocycles. The molecular weight excluding hydrogens is 214 g/mol. The molecule has 17 heavy (non-hydrogen) atoms. The van der Waals surface area contributed by atoms with E-state index in [-0.39, 0.29) is 11.9 Å². The molecule has 90 valence electrons. The van der Waals surface area contributed by atoms with E-state index < -0.39 is 0 Å². The summed E-state index contributed by atoms with van der Waals surface area (Å²) in [5.74, 6) is 2.41. The van der Waals surface area contributed by atoms with Gasteiger partial charge in [0.15, 0.2) is 0 Å². The molecular formula is C13H17N3O. The van der Waals surface area contributed by atoms with E-state index in [4.69, 9.17) is 12.2 Å². The number of rotatable bonds is 4. The number of nitrogens with zero attached hydrogens (tertiary/aromatic N) is 1. The smallest absolute Gasteiger partial charge is 0.268 e. The fourth-order valence-electron chi connectivity index (χ4n) is 1.83. The average Bonchev–Trinajstić information content (AvgIpc) is 3.09. The first-order chi connectivity index (χ1) is 8.15. The van der Waals surface area contributed by atoms with Crippen LogP contribution in [0.15, 0.2) is 12.3 Å². The van der Waals surface area contributed by atoms with E-state index in [0.29, 0.717) is 17.4 Å². The van der Waals surface area contributed by atoms with E-state index >= 15 is 0 Å². The van der Waals surface area contributed by atoms with E-state index in [1.807, 2.05) is 17.7 Å². The highest BCUT2D eigenvalue weighted by Gasteiger charge is 2.28. The molecule has 1 saturated carbocycles. The molecule has 1 fully saturated rings. The number of carbonyl (C=O) groups excluding carboxylic acids is 1. The highest BCUT2D eigenvalue weighted by molar-refractivity contribution is 5.94. The number of hydrogen-bond acceptors (Lipinski definition) is 2. The van der Waals surface area contributed by atoms with Crippen LogP contribution in [0.4, 0.5) is 5.69 Å². The van der Waals surface area contributed by atoms with E-state index in [0.717, 1.165) is 19.3 Å². The van der Waals surface area contributed by atoms with Crippen LogP contribution in [-0.4, -0.2) is 16.5 Å². The van der Waals surface area contributed by atoms with Gasteiger partial charge in [0.1, 0.15) is 5.69 Å². The summed E-state index contributed by atoms with van der Waals surface area (Å²) in [6.07, 6.45) is 10.1. The van der Waals surface area contributed by atoms with Crippen molar-refractivity contribution in [2.45, 2.75) is 38.3 Å². The predicted molar refractivity (Wildman–Crippen MR) is 67.5 cm³/mol.